The molecule has 0 aromatic heterocycles. The summed E-state index contributed by atoms with van der Waals surface area (Å²) >= 11 is 0. The number of carbonyl (C=O) groups excluding carboxylic acids is 2. The quantitative estimate of drug-likeness (QED) is 0.859. The molecule has 3 rings (SSSR count). The molecule has 2 aliphatic rings. The highest BCUT2D eigenvalue weighted by Crippen LogP contribution is 2.34. The van der Waals surface area contributed by atoms with Gasteiger partial charge in [0, 0.05) is 31.9 Å². The number of piperazine rings is 1. The Morgan fingerprint density at radius 3 is 2.46 bits per heavy atom. The van der Waals surface area contributed by atoms with Crippen LogP contribution < -0.4 is 11.1 Å². The molecule has 0 spiro atoms. The highest BCUT2D eigenvalue weighted by atomic mass is 16.2. The first kappa shape index (κ1) is 16.9. The second-order valence-corrected chi connectivity index (χ2v) is 7.02. The van der Waals surface area contributed by atoms with Gasteiger partial charge in [-0.15, -0.1) is 0 Å². The summed E-state index contributed by atoms with van der Waals surface area (Å²) in [6.07, 6.45) is 1.59. The van der Waals surface area contributed by atoms with Gasteiger partial charge in [-0.1, -0.05) is 12.1 Å². The van der Waals surface area contributed by atoms with Crippen molar-refractivity contribution in [3.8, 4) is 0 Å². The number of amides is 2. The number of anilines is 1. The third kappa shape index (κ3) is 3.60. The SMILES string of the molecule is Cc1cccc(NC(=O)CN2CCN(C(=O)C3(N)CC3)CC2)c1C. The molecule has 6 heteroatoms. The normalized spacial score (nSPS) is 19.9. The summed E-state index contributed by atoms with van der Waals surface area (Å²) in [7, 11) is 0. The van der Waals surface area contributed by atoms with E-state index in [9.17, 15) is 9.59 Å². The number of nitrogens with one attached hydrogen (secondary N) is 1. The van der Waals surface area contributed by atoms with Crippen LogP contribution in [0.4, 0.5) is 5.69 Å². The third-order valence-corrected chi connectivity index (χ3v) is 5.12. The number of aryl methyl sites for hydroxylation is 1. The van der Waals surface area contributed by atoms with Crippen molar-refractivity contribution in [2.75, 3.05) is 38.0 Å². The molecule has 1 aliphatic heterocycles. The molecule has 130 valence electrons. The Balaban J connectivity index is 1.48. The smallest absolute Gasteiger partial charge is 0.242 e. The zero-order valence-corrected chi connectivity index (χ0v) is 14.5. The molecular formula is C18H26N4O2. The van der Waals surface area contributed by atoms with Crippen LogP contribution in [0.3, 0.4) is 0 Å². The molecule has 24 heavy (non-hydrogen) atoms. The summed E-state index contributed by atoms with van der Waals surface area (Å²) in [6.45, 7) is 7.11. The molecular weight excluding hydrogens is 304 g/mol. The van der Waals surface area contributed by atoms with E-state index in [4.69, 9.17) is 5.73 Å². The van der Waals surface area contributed by atoms with Gasteiger partial charge in [-0.25, -0.2) is 0 Å². The number of nitrogens with two attached hydrogens (primary N) is 1. The maximum atomic E-state index is 12.3. The third-order valence-electron chi connectivity index (χ3n) is 5.12. The molecule has 1 heterocycles. The van der Waals surface area contributed by atoms with Crippen molar-refractivity contribution >= 4 is 17.5 Å². The zero-order valence-electron chi connectivity index (χ0n) is 14.5. The van der Waals surface area contributed by atoms with Crippen LogP contribution in [0.25, 0.3) is 0 Å². The Bertz CT molecular complexity index is 646. The Hall–Kier alpha value is -1.92. The lowest BCUT2D eigenvalue weighted by Gasteiger charge is -2.35. The van der Waals surface area contributed by atoms with Crippen LogP contribution in [-0.4, -0.2) is 59.9 Å². The fourth-order valence-corrected chi connectivity index (χ4v) is 3.05. The lowest BCUT2D eigenvalue weighted by molar-refractivity contribution is -0.135. The van der Waals surface area contributed by atoms with E-state index in [1.165, 1.54) is 0 Å². The van der Waals surface area contributed by atoms with Crippen LogP contribution in [0.2, 0.25) is 0 Å². The van der Waals surface area contributed by atoms with E-state index in [1.807, 2.05) is 36.9 Å². The highest BCUT2D eigenvalue weighted by Gasteiger charge is 2.48. The van der Waals surface area contributed by atoms with Crippen LogP contribution in [0.5, 0.6) is 0 Å². The average molecular weight is 330 g/mol. The molecule has 0 bridgehead atoms. The van der Waals surface area contributed by atoms with E-state index in [0.29, 0.717) is 32.7 Å². The van der Waals surface area contributed by atoms with Crippen molar-refractivity contribution in [2.24, 2.45) is 5.73 Å². The molecule has 6 nitrogen and oxygen atoms in total. The Labute approximate surface area is 143 Å². The van der Waals surface area contributed by atoms with Crippen LogP contribution in [-0.2, 0) is 9.59 Å². The predicted molar refractivity (Wildman–Crippen MR) is 93.7 cm³/mol. The molecule has 0 atom stereocenters. The van der Waals surface area contributed by atoms with Gasteiger partial charge < -0.3 is 16.0 Å². The van der Waals surface area contributed by atoms with Gasteiger partial charge in [0.1, 0.15) is 0 Å². The van der Waals surface area contributed by atoms with E-state index in [0.717, 1.165) is 29.7 Å². The summed E-state index contributed by atoms with van der Waals surface area (Å²) in [5, 5.41) is 2.99. The van der Waals surface area contributed by atoms with E-state index in [-0.39, 0.29) is 11.8 Å². The van der Waals surface area contributed by atoms with Crippen molar-refractivity contribution < 1.29 is 9.59 Å². The van der Waals surface area contributed by atoms with Gasteiger partial charge in [-0.3, -0.25) is 14.5 Å². The number of hydrogen-bond acceptors (Lipinski definition) is 4. The fraction of sp³-hybridized carbons (Fsp3) is 0.556. The second-order valence-electron chi connectivity index (χ2n) is 7.02. The maximum absolute atomic E-state index is 12.3. The van der Waals surface area contributed by atoms with Gasteiger partial charge in [0.05, 0.1) is 12.1 Å². The fourth-order valence-electron chi connectivity index (χ4n) is 3.05. The predicted octanol–water partition coefficient (Wildman–Crippen LogP) is 0.877. The Kier molecular flexibility index (Phi) is 4.60. The van der Waals surface area contributed by atoms with Crippen molar-refractivity contribution in [3.05, 3.63) is 29.3 Å². The summed E-state index contributed by atoms with van der Waals surface area (Å²) in [5.41, 5.74) is 8.51. The van der Waals surface area contributed by atoms with Crippen LogP contribution in [0.1, 0.15) is 24.0 Å². The molecule has 1 saturated heterocycles. The molecule has 2 fully saturated rings. The molecule has 1 saturated carbocycles. The van der Waals surface area contributed by atoms with Crippen LogP contribution in [0, 0.1) is 13.8 Å². The maximum Gasteiger partial charge on any atom is 0.242 e. The van der Waals surface area contributed by atoms with Crippen LogP contribution >= 0.6 is 0 Å². The van der Waals surface area contributed by atoms with E-state index >= 15 is 0 Å². The summed E-state index contributed by atoms with van der Waals surface area (Å²) in [4.78, 5) is 28.4. The first-order valence-corrected chi connectivity index (χ1v) is 8.56. The van der Waals surface area contributed by atoms with Crippen molar-refractivity contribution in [1.82, 2.24) is 9.80 Å². The van der Waals surface area contributed by atoms with Gasteiger partial charge in [0.2, 0.25) is 11.8 Å². The standard InChI is InChI=1S/C18H26N4O2/c1-13-4-3-5-15(14(13)2)20-16(23)12-21-8-10-22(11-9-21)17(24)18(19)6-7-18/h3-5H,6-12,19H2,1-2H3,(H,20,23). The number of hydrogen-bond donors (Lipinski definition) is 2. The lowest BCUT2D eigenvalue weighted by Crippen LogP contribution is -2.55. The minimum absolute atomic E-state index is 0.0130. The van der Waals surface area contributed by atoms with Gasteiger partial charge >= 0.3 is 0 Å². The number of nitrogens with zero attached hydrogens (tertiary/aromatic N) is 2. The topological polar surface area (TPSA) is 78.7 Å². The second kappa shape index (κ2) is 6.53. The van der Waals surface area contributed by atoms with Gasteiger partial charge in [-0.05, 0) is 43.9 Å². The summed E-state index contributed by atoms with van der Waals surface area (Å²) in [5.74, 6) is 0.0583. The monoisotopic (exact) mass is 330 g/mol. The van der Waals surface area contributed by atoms with E-state index < -0.39 is 5.54 Å². The number of carbonyl (C=O) groups is 2. The van der Waals surface area contributed by atoms with Gasteiger partial charge in [-0.2, -0.15) is 0 Å². The average Bonchev–Trinajstić information content (AvgIpc) is 3.31. The van der Waals surface area contributed by atoms with Gasteiger partial charge in [0.15, 0.2) is 0 Å². The molecule has 3 N–H and O–H groups in total. The van der Waals surface area contributed by atoms with E-state index in [2.05, 4.69) is 10.2 Å². The molecule has 0 unspecified atom stereocenters. The van der Waals surface area contributed by atoms with E-state index in [1.54, 1.807) is 0 Å². The first-order valence-electron chi connectivity index (χ1n) is 8.56. The first-order chi connectivity index (χ1) is 11.4. The zero-order chi connectivity index (χ0) is 17.3. The van der Waals surface area contributed by atoms with Crippen molar-refractivity contribution in [3.63, 3.8) is 0 Å². The Morgan fingerprint density at radius 2 is 1.83 bits per heavy atom. The lowest BCUT2D eigenvalue weighted by atomic mass is 10.1. The summed E-state index contributed by atoms with van der Waals surface area (Å²) in [6, 6.07) is 5.90. The highest BCUT2D eigenvalue weighted by molar-refractivity contribution is 5.93. The molecule has 1 aromatic rings. The Morgan fingerprint density at radius 1 is 1.17 bits per heavy atom. The minimum atomic E-state index is -0.595. The summed E-state index contributed by atoms with van der Waals surface area (Å²) < 4.78 is 0. The molecule has 1 aliphatic carbocycles. The number of benzene rings is 1. The molecule has 0 radical (unpaired) electrons. The van der Waals surface area contributed by atoms with Crippen molar-refractivity contribution in [1.29, 1.82) is 0 Å². The van der Waals surface area contributed by atoms with Gasteiger partial charge in [0.25, 0.3) is 0 Å². The molecule has 2 amide bonds. The van der Waals surface area contributed by atoms with Crippen LogP contribution in [0.15, 0.2) is 18.2 Å². The molecule has 1 aromatic carbocycles. The minimum Gasteiger partial charge on any atom is -0.339 e. The number of rotatable bonds is 4. The largest absolute Gasteiger partial charge is 0.339 e. The van der Waals surface area contributed by atoms with Crippen molar-refractivity contribution in [2.45, 2.75) is 32.2 Å².